The van der Waals surface area contributed by atoms with Crippen molar-refractivity contribution in [1.29, 1.82) is 0 Å². The van der Waals surface area contributed by atoms with Crippen LogP contribution in [-0.2, 0) is 15.5 Å². The van der Waals surface area contributed by atoms with E-state index in [9.17, 15) is 9.00 Å². The Morgan fingerprint density at radius 3 is 3.00 bits per heavy atom. The van der Waals surface area contributed by atoms with Gasteiger partial charge in [-0.3, -0.25) is 8.78 Å². The van der Waals surface area contributed by atoms with Crippen LogP contribution in [0, 0.1) is 0 Å². The monoisotopic (exact) mass is 231 g/mol. The van der Waals surface area contributed by atoms with Gasteiger partial charge in [-0.05, 0) is 6.07 Å². The number of hydrogen-bond acceptors (Lipinski definition) is 6. The van der Waals surface area contributed by atoms with E-state index in [0.717, 1.165) is 4.57 Å². The van der Waals surface area contributed by atoms with Gasteiger partial charge in [-0.2, -0.15) is 4.98 Å². The lowest BCUT2D eigenvalue weighted by Gasteiger charge is -2.11. The Bertz CT molecular complexity index is 460. The zero-order chi connectivity index (χ0) is 11.0. The second kappa shape index (κ2) is 3.72. The lowest BCUT2D eigenvalue weighted by Crippen LogP contribution is -2.28. The van der Waals surface area contributed by atoms with Gasteiger partial charge in [0.15, 0.2) is 6.23 Å². The summed E-state index contributed by atoms with van der Waals surface area (Å²) in [4.78, 5) is 14.8. The van der Waals surface area contributed by atoms with E-state index in [-0.39, 0.29) is 11.6 Å². The number of aliphatic hydroxyl groups is 1. The minimum absolute atomic E-state index is 0.0622. The molecule has 8 heteroatoms. The van der Waals surface area contributed by atoms with Crippen LogP contribution < -0.4 is 11.4 Å². The summed E-state index contributed by atoms with van der Waals surface area (Å²) < 4.78 is 17.2. The maximum absolute atomic E-state index is 11.4. The number of rotatable bonds is 1. The van der Waals surface area contributed by atoms with Crippen LogP contribution in [0.5, 0.6) is 0 Å². The summed E-state index contributed by atoms with van der Waals surface area (Å²) in [5, 5.41) is 9.09. The molecule has 1 saturated heterocycles. The first-order valence-electron chi connectivity index (χ1n) is 4.13. The Hall–Kier alpha value is -1.25. The maximum atomic E-state index is 11.4. The number of aromatic nitrogens is 2. The molecular formula is C7H9N3O4S. The molecule has 3 atom stereocenters. The molecule has 0 radical (unpaired) electrons. The molecule has 1 aromatic rings. The van der Waals surface area contributed by atoms with Crippen molar-refractivity contribution < 1.29 is 14.1 Å². The van der Waals surface area contributed by atoms with Crippen molar-refractivity contribution in [1.82, 2.24) is 9.55 Å². The zero-order valence-electron chi connectivity index (χ0n) is 7.57. The summed E-state index contributed by atoms with van der Waals surface area (Å²) >= 11 is 0. The molecule has 3 N–H and O–H groups in total. The standard InChI is InChI=1S/C7H9N3O4S/c8-4-1-2-10(6(11)9-4)5-3-15(13)7(12)14-5/h1-2,5,7,12H,3H2,(H2,8,9,11). The van der Waals surface area contributed by atoms with E-state index in [0.29, 0.717) is 0 Å². The first-order chi connectivity index (χ1) is 7.08. The van der Waals surface area contributed by atoms with Gasteiger partial charge in [-0.15, -0.1) is 0 Å². The van der Waals surface area contributed by atoms with Crippen LogP contribution >= 0.6 is 0 Å². The maximum Gasteiger partial charge on any atom is 0.351 e. The third-order valence-electron chi connectivity index (χ3n) is 1.97. The predicted octanol–water partition coefficient (Wildman–Crippen LogP) is -1.62. The van der Waals surface area contributed by atoms with Crippen molar-refractivity contribution >= 4 is 16.6 Å². The number of ether oxygens (including phenoxy) is 1. The van der Waals surface area contributed by atoms with E-state index in [1.54, 1.807) is 0 Å². The third kappa shape index (κ3) is 1.91. The second-order valence-corrected chi connectivity index (χ2v) is 4.49. The fraction of sp³-hybridized carbons (Fsp3) is 0.429. The smallest absolute Gasteiger partial charge is 0.351 e. The van der Waals surface area contributed by atoms with Crippen molar-refractivity contribution in [2.75, 3.05) is 11.5 Å². The molecule has 82 valence electrons. The van der Waals surface area contributed by atoms with Crippen LogP contribution in [0.2, 0.25) is 0 Å². The topological polar surface area (TPSA) is 107 Å². The summed E-state index contributed by atoms with van der Waals surface area (Å²) in [7, 11) is -1.50. The molecule has 0 spiro atoms. The molecule has 2 rings (SSSR count). The molecule has 1 fully saturated rings. The molecule has 0 saturated carbocycles. The van der Waals surface area contributed by atoms with Gasteiger partial charge in [0.25, 0.3) is 0 Å². The van der Waals surface area contributed by atoms with Gasteiger partial charge in [-0.1, -0.05) is 0 Å². The van der Waals surface area contributed by atoms with Crippen molar-refractivity contribution in [3.63, 3.8) is 0 Å². The highest BCUT2D eigenvalue weighted by Gasteiger charge is 2.32. The fourth-order valence-electron chi connectivity index (χ4n) is 1.25. The number of aliphatic hydroxyl groups excluding tert-OH is 1. The number of nitrogens with zero attached hydrogens (tertiary/aromatic N) is 2. The highest BCUT2D eigenvalue weighted by Crippen LogP contribution is 2.20. The zero-order valence-corrected chi connectivity index (χ0v) is 8.38. The minimum atomic E-state index is -1.50. The van der Waals surface area contributed by atoms with Crippen LogP contribution in [0.3, 0.4) is 0 Å². The summed E-state index contributed by atoms with van der Waals surface area (Å²) in [5.74, 6) is 0.170. The van der Waals surface area contributed by atoms with Crippen LogP contribution in [-0.4, -0.2) is 30.2 Å². The number of nitrogens with two attached hydrogens (primary N) is 1. The summed E-state index contributed by atoms with van der Waals surface area (Å²) in [6.07, 6.45) is 0.645. The average Bonchev–Trinajstić information content (AvgIpc) is 2.46. The molecule has 2 heterocycles. The molecular weight excluding hydrogens is 222 g/mol. The Labute approximate surface area is 87.0 Å². The molecule has 0 bridgehead atoms. The Kier molecular flexibility index (Phi) is 2.55. The molecule has 0 aliphatic carbocycles. The summed E-state index contributed by atoms with van der Waals surface area (Å²) in [6.45, 7) is 0. The highest BCUT2D eigenvalue weighted by molar-refractivity contribution is 7.85. The van der Waals surface area contributed by atoms with Gasteiger partial charge in [0, 0.05) is 6.20 Å². The summed E-state index contributed by atoms with van der Waals surface area (Å²) in [5.41, 5.74) is 3.37. The van der Waals surface area contributed by atoms with Gasteiger partial charge in [0.1, 0.15) is 5.82 Å². The molecule has 0 amide bonds. The van der Waals surface area contributed by atoms with E-state index >= 15 is 0 Å². The van der Waals surface area contributed by atoms with Crippen molar-refractivity contribution in [3.8, 4) is 0 Å². The normalized spacial score (nSPS) is 30.6. The SMILES string of the molecule is Nc1ccn(C2CS(=O)C(O)O2)c(=O)n1. The Balaban J connectivity index is 2.32. The van der Waals surface area contributed by atoms with Gasteiger partial charge in [0.2, 0.25) is 5.62 Å². The lowest BCUT2D eigenvalue weighted by atomic mass is 10.5. The van der Waals surface area contributed by atoms with E-state index in [1.807, 2.05) is 0 Å². The average molecular weight is 231 g/mol. The van der Waals surface area contributed by atoms with Crippen LogP contribution in [0.15, 0.2) is 17.1 Å². The molecule has 7 nitrogen and oxygen atoms in total. The van der Waals surface area contributed by atoms with Crippen LogP contribution in [0.25, 0.3) is 0 Å². The first kappa shape index (κ1) is 10.3. The van der Waals surface area contributed by atoms with Crippen molar-refractivity contribution in [3.05, 3.63) is 22.7 Å². The van der Waals surface area contributed by atoms with Gasteiger partial charge < -0.3 is 15.6 Å². The largest absolute Gasteiger partial charge is 0.383 e. The quantitative estimate of drug-likeness (QED) is 0.601. The molecule has 1 aliphatic heterocycles. The molecule has 0 aromatic carbocycles. The number of anilines is 1. The van der Waals surface area contributed by atoms with Crippen LogP contribution in [0.4, 0.5) is 5.82 Å². The van der Waals surface area contributed by atoms with E-state index in [2.05, 4.69) is 4.98 Å². The van der Waals surface area contributed by atoms with Crippen molar-refractivity contribution in [2.24, 2.45) is 0 Å². The predicted molar refractivity (Wildman–Crippen MR) is 52.0 cm³/mol. The minimum Gasteiger partial charge on any atom is -0.383 e. The van der Waals surface area contributed by atoms with E-state index in [1.165, 1.54) is 12.3 Å². The van der Waals surface area contributed by atoms with E-state index < -0.39 is 28.3 Å². The Morgan fingerprint density at radius 2 is 2.47 bits per heavy atom. The first-order valence-corrected chi connectivity index (χ1v) is 5.51. The van der Waals surface area contributed by atoms with Crippen molar-refractivity contribution in [2.45, 2.75) is 11.8 Å². The van der Waals surface area contributed by atoms with E-state index in [4.69, 9.17) is 15.6 Å². The highest BCUT2D eigenvalue weighted by atomic mass is 32.2. The lowest BCUT2D eigenvalue weighted by molar-refractivity contribution is -0.0853. The second-order valence-electron chi connectivity index (χ2n) is 2.99. The van der Waals surface area contributed by atoms with Gasteiger partial charge in [0.05, 0.1) is 16.6 Å². The fourth-order valence-corrected chi connectivity index (χ4v) is 2.19. The van der Waals surface area contributed by atoms with Crippen LogP contribution in [0.1, 0.15) is 6.23 Å². The molecule has 1 aliphatic rings. The number of hydrogen-bond donors (Lipinski definition) is 2. The molecule has 3 unspecified atom stereocenters. The Morgan fingerprint density at radius 1 is 1.73 bits per heavy atom. The molecule has 1 aromatic heterocycles. The molecule has 15 heavy (non-hydrogen) atoms. The third-order valence-corrected chi connectivity index (χ3v) is 3.14. The number of nitrogen functional groups attached to an aromatic ring is 1. The van der Waals surface area contributed by atoms with Gasteiger partial charge >= 0.3 is 5.69 Å². The van der Waals surface area contributed by atoms with Gasteiger partial charge in [-0.25, -0.2) is 4.79 Å². The summed E-state index contributed by atoms with van der Waals surface area (Å²) in [6, 6.07) is 1.43.